The predicted octanol–water partition coefficient (Wildman–Crippen LogP) is 4.61. The highest BCUT2D eigenvalue weighted by molar-refractivity contribution is 6.33. The van der Waals surface area contributed by atoms with Crippen molar-refractivity contribution in [2.45, 2.75) is 20.4 Å². The first kappa shape index (κ1) is 22.4. The van der Waals surface area contributed by atoms with Gasteiger partial charge < -0.3 is 9.80 Å². The van der Waals surface area contributed by atoms with Crippen LogP contribution in [0.5, 0.6) is 0 Å². The van der Waals surface area contributed by atoms with Crippen LogP contribution in [0.3, 0.4) is 0 Å². The van der Waals surface area contributed by atoms with E-state index >= 15 is 0 Å². The van der Waals surface area contributed by atoms with Crippen molar-refractivity contribution >= 4 is 41.0 Å². The maximum atomic E-state index is 12.8. The number of piperazine rings is 1. The number of aryl methyl sites for hydroxylation is 1. The summed E-state index contributed by atoms with van der Waals surface area (Å²) >= 11 is 12.6. The number of anilines is 1. The lowest BCUT2D eigenvalue weighted by molar-refractivity contribution is -0.126. The standard InChI is InChI=1S/C24H25Cl2N5O/c1-17-20(18(2)31(28-17)16-19-6-3-4-7-21(19)25)9-10-23(32)29-12-14-30(15-13-29)24-22(26)8-5-11-27-24/h3-11H,12-16H2,1-2H3/b10-9+. The molecule has 0 N–H and O–H groups in total. The monoisotopic (exact) mass is 469 g/mol. The van der Waals surface area contributed by atoms with Gasteiger partial charge in [-0.3, -0.25) is 9.48 Å². The first-order valence-electron chi connectivity index (χ1n) is 10.5. The Morgan fingerprint density at radius 2 is 1.75 bits per heavy atom. The van der Waals surface area contributed by atoms with E-state index in [0.29, 0.717) is 37.7 Å². The van der Waals surface area contributed by atoms with Gasteiger partial charge in [0.15, 0.2) is 0 Å². The molecule has 0 bridgehead atoms. The highest BCUT2D eigenvalue weighted by Gasteiger charge is 2.22. The molecule has 0 aliphatic carbocycles. The maximum absolute atomic E-state index is 12.8. The SMILES string of the molecule is Cc1nn(Cc2ccccc2Cl)c(C)c1/C=C/C(=O)N1CCN(c2ncccc2Cl)CC1. The molecule has 1 aromatic carbocycles. The van der Waals surface area contributed by atoms with Crippen LogP contribution in [-0.4, -0.2) is 51.8 Å². The van der Waals surface area contributed by atoms with Crippen molar-refractivity contribution in [1.29, 1.82) is 0 Å². The van der Waals surface area contributed by atoms with Gasteiger partial charge >= 0.3 is 0 Å². The zero-order valence-corrected chi connectivity index (χ0v) is 19.6. The van der Waals surface area contributed by atoms with Gasteiger partial charge in [-0.25, -0.2) is 4.98 Å². The summed E-state index contributed by atoms with van der Waals surface area (Å²) in [5, 5.41) is 6.00. The quantitative estimate of drug-likeness (QED) is 0.511. The van der Waals surface area contributed by atoms with Crippen LogP contribution in [0.2, 0.25) is 10.0 Å². The number of aromatic nitrogens is 3. The van der Waals surface area contributed by atoms with Crippen LogP contribution in [0.1, 0.15) is 22.5 Å². The Labute approximate surface area is 198 Å². The van der Waals surface area contributed by atoms with E-state index in [2.05, 4.69) is 15.0 Å². The molecule has 6 nitrogen and oxygen atoms in total. The van der Waals surface area contributed by atoms with Gasteiger partial charge in [-0.05, 0) is 43.7 Å². The van der Waals surface area contributed by atoms with E-state index in [9.17, 15) is 4.79 Å². The number of pyridine rings is 1. The first-order chi connectivity index (χ1) is 15.4. The van der Waals surface area contributed by atoms with E-state index in [1.165, 1.54) is 0 Å². The third kappa shape index (κ3) is 4.81. The fourth-order valence-corrected chi connectivity index (χ4v) is 4.34. The number of carbonyl (C=O) groups is 1. The molecule has 1 aliphatic heterocycles. The normalized spacial score (nSPS) is 14.4. The molecule has 1 aliphatic rings. The number of hydrogen-bond donors (Lipinski definition) is 0. The summed E-state index contributed by atoms with van der Waals surface area (Å²) in [4.78, 5) is 21.1. The van der Waals surface area contributed by atoms with Crippen molar-refractivity contribution in [2.24, 2.45) is 0 Å². The summed E-state index contributed by atoms with van der Waals surface area (Å²) in [5.74, 6) is 0.767. The average molecular weight is 470 g/mol. The van der Waals surface area contributed by atoms with Gasteiger partial charge in [0.1, 0.15) is 5.82 Å². The summed E-state index contributed by atoms with van der Waals surface area (Å²) in [6.07, 6.45) is 5.24. The van der Waals surface area contributed by atoms with Gasteiger partial charge in [0, 0.05) is 54.7 Å². The summed E-state index contributed by atoms with van der Waals surface area (Å²) < 4.78 is 1.93. The first-order valence-corrected chi connectivity index (χ1v) is 11.3. The van der Waals surface area contributed by atoms with Crippen LogP contribution < -0.4 is 4.90 Å². The van der Waals surface area contributed by atoms with Crippen LogP contribution in [0.25, 0.3) is 6.08 Å². The minimum Gasteiger partial charge on any atom is -0.352 e. The van der Waals surface area contributed by atoms with Crippen molar-refractivity contribution in [3.8, 4) is 0 Å². The number of amides is 1. The molecule has 1 saturated heterocycles. The second kappa shape index (κ2) is 9.76. The highest BCUT2D eigenvalue weighted by atomic mass is 35.5. The number of halogens is 2. The van der Waals surface area contributed by atoms with Crippen LogP contribution >= 0.6 is 23.2 Å². The molecule has 3 aromatic rings. The lowest BCUT2D eigenvalue weighted by atomic mass is 10.1. The van der Waals surface area contributed by atoms with Gasteiger partial charge in [0.2, 0.25) is 5.91 Å². The maximum Gasteiger partial charge on any atom is 0.246 e. The van der Waals surface area contributed by atoms with Crippen molar-refractivity contribution in [1.82, 2.24) is 19.7 Å². The molecule has 3 heterocycles. The Bertz CT molecular complexity index is 1150. The third-order valence-electron chi connectivity index (χ3n) is 5.74. The Morgan fingerprint density at radius 1 is 1.03 bits per heavy atom. The van der Waals surface area contributed by atoms with Gasteiger partial charge in [-0.1, -0.05) is 41.4 Å². The Kier molecular flexibility index (Phi) is 6.82. The van der Waals surface area contributed by atoms with E-state index in [-0.39, 0.29) is 5.91 Å². The van der Waals surface area contributed by atoms with Crippen LogP contribution in [0.15, 0.2) is 48.7 Å². The second-order valence-corrected chi connectivity index (χ2v) is 8.60. The summed E-state index contributed by atoms with van der Waals surface area (Å²) in [5.41, 5.74) is 3.86. The zero-order valence-electron chi connectivity index (χ0n) is 18.1. The van der Waals surface area contributed by atoms with Crippen LogP contribution in [0.4, 0.5) is 5.82 Å². The lowest BCUT2D eigenvalue weighted by Gasteiger charge is -2.35. The molecule has 0 atom stereocenters. The van der Waals surface area contributed by atoms with Crippen molar-refractivity contribution in [3.63, 3.8) is 0 Å². The number of benzene rings is 1. The van der Waals surface area contributed by atoms with Gasteiger partial charge in [0.05, 0.1) is 17.3 Å². The van der Waals surface area contributed by atoms with Crippen molar-refractivity contribution < 1.29 is 4.79 Å². The number of carbonyl (C=O) groups excluding carboxylic acids is 1. The molecule has 0 saturated carbocycles. The largest absolute Gasteiger partial charge is 0.352 e. The highest BCUT2D eigenvalue weighted by Crippen LogP contribution is 2.24. The van der Waals surface area contributed by atoms with Crippen LogP contribution in [0, 0.1) is 13.8 Å². The van der Waals surface area contributed by atoms with E-state index < -0.39 is 0 Å². The molecule has 0 spiro atoms. The summed E-state index contributed by atoms with van der Waals surface area (Å²) in [6.45, 7) is 7.20. The molecule has 0 unspecified atom stereocenters. The third-order valence-corrected chi connectivity index (χ3v) is 6.40. The molecular weight excluding hydrogens is 445 g/mol. The van der Waals surface area contributed by atoms with Crippen LogP contribution in [-0.2, 0) is 11.3 Å². The lowest BCUT2D eigenvalue weighted by Crippen LogP contribution is -2.48. The van der Waals surface area contributed by atoms with Gasteiger partial charge in [-0.15, -0.1) is 0 Å². The minimum absolute atomic E-state index is 0.00517. The minimum atomic E-state index is -0.00517. The molecule has 4 rings (SSSR count). The van der Waals surface area contributed by atoms with E-state index in [1.54, 1.807) is 12.3 Å². The predicted molar refractivity (Wildman–Crippen MR) is 129 cm³/mol. The smallest absolute Gasteiger partial charge is 0.246 e. The van der Waals surface area contributed by atoms with Gasteiger partial charge in [0.25, 0.3) is 0 Å². The molecule has 0 radical (unpaired) electrons. The second-order valence-electron chi connectivity index (χ2n) is 7.79. The van der Waals surface area contributed by atoms with E-state index in [0.717, 1.165) is 33.4 Å². The molecule has 8 heteroatoms. The molecule has 1 amide bonds. The Hall–Kier alpha value is -2.83. The molecular formula is C24H25Cl2N5O. The topological polar surface area (TPSA) is 54.3 Å². The summed E-state index contributed by atoms with van der Waals surface area (Å²) in [6, 6.07) is 11.4. The number of rotatable bonds is 5. The van der Waals surface area contributed by atoms with E-state index in [4.69, 9.17) is 23.2 Å². The Balaban J connectivity index is 1.40. The fourth-order valence-electron chi connectivity index (χ4n) is 3.90. The summed E-state index contributed by atoms with van der Waals surface area (Å²) in [7, 11) is 0. The molecule has 2 aromatic heterocycles. The zero-order chi connectivity index (χ0) is 22.7. The number of nitrogens with zero attached hydrogens (tertiary/aromatic N) is 5. The molecule has 166 valence electrons. The Morgan fingerprint density at radius 3 is 2.47 bits per heavy atom. The average Bonchev–Trinajstić information content (AvgIpc) is 3.06. The molecule has 1 fully saturated rings. The van der Waals surface area contributed by atoms with Crippen molar-refractivity contribution in [2.75, 3.05) is 31.1 Å². The fraction of sp³-hybridized carbons (Fsp3) is 0.292. The van der Waals surface area contributed by atoms with Gasteiger partial charge in [-0.2, -0.15) is 5.10 Å². The van der Waals surface area contributed by atoms with Crippen molar-refractivity contribution in [3.05, 3.63) is 81.2 Å². The van der Waals surface area contributed by atoms with E-state index in [1.807, 2.05) is 65.9 Å². The molecule has 32 heavy (non-hydrogen) atoms. The number of hydrogen-bond acceptors (Lipinski definition) is 4.